The van der Waals surface area contributed by atoms with Crippen molar-refractivity contribution in [3.05, 3.63) is 70.4 Å². The number of carbonyl (C=O) groups excluding carboxylic acids is 3. The molecule has 1 aromatic heterocycles. The molecule has 1 heterocycles. The number of benzene rings is 2. The number of fused-ring (bicyclic) bond motifs is 2. The van der Waals surface area contributed by atoms with E-state index in [1.165, 1.54) is 11.3 Å². The van der Waals surface area contributed by atoms with Gasteiger partial charge in [0.15, 0.2) is 12.0 Å². The molecule has 0 fully saturated rings. The van der Waals surface area contributed by atoms with Crippen molar-refractivity contribution in [2.45, 2.75) is 32.5 Å². The number of esters is 2. The molecule has 3 rings (SSSR count). The van der Waals surface area contributed by atoms with Crippen LogP contribution in [-0.2, 0) is 28.6 Å². The molecular formula is C24H22O7S. The van der Waals surface area contributed by atoms with Crippen molar-refractivity contribution >= 4 is 49.9 Å². The first-order chi connectivity index (χ1) is 15.5. The maximum atomic E-state index is 13.0. The molecule has 3 aromatic rings. The minimum absolute atomic E-state index is 0.116. The average molecular weight is 455 g/mol. The second-order valence-corrected chi connectivity index (χ2v) is 8.04. The Hall–Kier alpha value is -3.52. The molecule has 0 aliphatic carbocycles. The van der Waals surface area contributed by atoms with Crippen LogP contribution in [0.1, 0.15) is 38.0 Å². The third-order valence-electron chi connectivity index (χ3n) is 4.73. The van der Waals surface area contributed by atoms with Gasteiger partial charge >= 0.3 is 11.9 Å². The van der Waals surface area contributed by atoms with Gasteiger partial charge < -0.3 is 14.2 Å². The van der Waals surface area contributed by atoms with Crippen LogP contribution in [0.3, 0.4) is 0 Å². The molecule has 0 saturated heterocycles. The molecule has 0 radical (unpaired) electrons. The Kier molecular flexibility index (Phi) is 7.72. The van der Waals surface area contributed by atoms with Crippen molar-refractivity contribution in [1.82, 2.24) is 0 Å². The predicted molar refractivity (Wildman–Crippen MR) is 121 cm³/mol. The summed E-state index contributed by atoms with van der Waals surface area (Å²) in [6.07, 6.45) is 0.632. The zero-order valence-electron chi connectivity index (χ0n) is 17.5. The summed E-state index contributed by atoms with van der Waals surface area (Å²) >= 11 is 1.32. The van der Waals surface area contributed by atoms with Crippen LogP contribution in [0.4, 0.5) is 0 Å². The standard InChI is InChI=1S/C24H22O7S/c1-3-4-8-15(2)23(28)31-24(30-20(26)13-29-14-25)18-11-7-10-17-21(27)16-9-5-6-12-19(16)32-22(17)18/h5-7,9-12,14,24H,2-4,8,13H2,1H3. The normalized spacial score (nSPS) is 11.7. The monoisotopic (exact) mass is 454 g/mol. The number of hydrogen-bond donors (Lipinski definition) is 0. The van der Waals surface area contributed by atoms with E-state index in [1.54, 1.807) is 30.3 Å². The van der Waals surface area contributed by atoms with Crippen LogP contribution in [0.5, 0.6) is 0 Å². The largest absolute Gasteiger partial charge is 0.456 e. The smallest absolute Gasteiger partial charge is 0.347 e. The molecule has 1 atom stereocenters. The maximum absolute atomic E-state index is 13.0. The van der Waals surface area contributed by atoms with Crippen LogP contribution in [0.2, 0.25) is 0 Å². The Labute approximate surface area is 188 Å². The van der Waals surface area contributed by atoms with E-state index in [2.05, 4.69) is 11.3 Å². The highest BCUT2D eigenvalue weighted by molar-refractivity contribution is 7.24. The van der Waals surface area contributed by atoms with E-state index in [0.29, 0.717) is 27.5 Å². The molecule has 0 aliphatic rings. The van der Waals surface area contributed by atoms with Gasteiger partial charge in [-0.1, -0.05) is 44.2 Å². The molecule has 166 valence electrons. The molecular weight excluding hydrogens is 432 g/mol. The van der Waals surface area contributed by atoms with Crippen LogP contribution >= 0.6 is 11.3 Å². The van der Waals surface area contributed by atoms with E-state index < -0.39 is 24.8 Å². The van der Waals surface area contributed by atoms with Gasteiger partial charge in [0.25, 0.3) is 12.8 Å². The van der Waals surface area contributed by atoms with Crippen LogP contribution < -0.4 is 5.43 Å². The Bertz CT molecular complexity index is 1230. The summed E-state index contributed by atoms with van der Waals surface area (Å²) in [7, 11) is 0. The third-order valence-corrected chi connectivity index (χ3v) is 5.97. The lowest BCUT2D eigenvalue weighted by Gasteiger charge is -2.20. The highest BCUT2D eigenvalue weighted by atomic mass is 32.1. The number of carbonyl (C=O) groups is 3. The summed E-state index contributed by atoms with van der Waals surface area (Å²) in [5, 5.41) is 0.984. The number of hydrogen-bond acceptors (Lipinski definition) is 8. The third kappa shape index (κ3) is 5.20. The highest BCUT2D eigenvalue weighted by Gasteiger charge is 2.26. The summed E-state index contributed by atoms with van der Waals surface area (Å²) in [5.41, 5.74) is 0.409. The van der Waals surface area contributed by atoms with Crippen molar-refractivity contribution in [3.63, 3.8) is 0 Å². The maximum Gasteiger partial charge on any atom is 0.347 e. The molecule has 2 aromatic carbocycles. The van der Waals surface area contributed by atoms with Gasteiger partial charge in [0.1, 0.15) is 0 Å². The van der Waals surface area contributed by atoms with Gasteiger partial charge in [-0.05, 0) is 31.0 Å². The van der Waals surface area contributed by atoms with Gasteiger partial charge in [0.05, 0.1) is 5.56 Å². The van der Waals surface area contributed by atoms with Crippen LogP contribution in [0.15, 0.2) is 59.4 Å². The van der Waals surface area contributed by atoms with Gasteiger partial charge in [0.2, 0.25) is 0 Å². The van der Waals surface area contributed by atoms with E-state index in [9.17, 15) is 19.2 Å². The Morgan fingerprint density at radius 1 is 1.09 bits per heavy atom. The number of ether oxygens (including phenoxy) is 3. The van der Waals surface area contributed by atoms with Crippen LogP contribution in [0, 0.1) is 0 Å². The number of unbranched alkanes of at least 4 members (excludes halogenated alkanes) is 1. The lowest BCUT2D eigenvalue weighted by atomic mass is 10.1. The fourth-order valence-electron chi connectivity index (χ4n) is 3.11. The first-order valence-electron chi connectivity index (χ1n) is 10.0. The fraction of sp³-hybridized carbons (Fsp3) is 0.250. The second-order valence-electron chi connectivity index (χ2n) is 6.99. The predicted octanol–water partition coefficient (Wildman–Crippen LogP) is 4.42. The zero-order valence-corrected chi connectivity index (χ0v) is 18.3. The molecule has 0 spiro atoms. The molecule has 7 nitrogen and oxygen atoms in total. The molecule has 0 N–H and O–H groups in total. The van der Waals surface area contributed by atoms with Gasteiger partial charge in [-0.3, -0.25) is 9.59 Å². The second kappa shape index (κ2) is 10.7. The summed E-state index contributed by atoms with van der Waals surface area (Å²) in [6.45, 7) is 5.21. The van der Waals surface area contributed by atoms with Gasteiger partial charge in [-0.25, -0.2) is 9.59 Å². The Balaban J connectivity index is 2.05. The van der Waals surface area contributed by atoms with E-state index in [1.807, 2.05) is 19.1 Å². The van der Waals surface area contributed by atoms with E-state index in [4.69, 9.17) is 9.47 Å². The van der Waals surface area contributed by atoms with Crippen molar-refractivity contribution < 1.29 is 28.6 Å². The lowest BCUT2D eigenvalue weighted by molar-refractivity contribution is -0.190. The zero-order chi connectivity index (χ0) is 23.1. The minimum Gasteiger partial charge on any atom is -0.456 e. The van der Waals surface area contributed by atoms with Crippen molar-refractivity contribution in [2.24, 2.45) is 0 Å². The summed E-state index contributed by atoms with van der Waals surface area (Å²) in [5.74, 6) is -1.61. The average Bonchev–Trinajstić information content (AvgIpc) is 2.80. The SMILES string of the molecule is C=C(CCCC)C(=O)OC(OC(=O)COC=O)c1cccc2c(=O)c3ccccc3sc12. The fourth-order valence-corrected chi connectivity index (χ4v) is 4.30. The molecule has 1 unspecified atom stereocenters. The molecule has 8 heteroatoms. The van der Waals surface area contributed by atoms with Gasteiger partial charge in [0, 0.05) is 25.7 Å². The van der Waals surface area contributed by atoms with Crippen LogP contribution in [0.25, 0.3) is 20.2 Å². The molecule has 0 amide bonds. The van der Waals surface area contributed by atoms with Crippen molar-refractivity contribution in [1.29, 1.82) is 0 Å². The molecule has 0 bridgehead atoms. The van der Waals surface area contributed by atoms with Gasteiger partial charge in [-0.2, -0.15) is 0 Å². The molecule has 0 aliphatic heterocycles. The van der Waals surface area contributed by atoms with Crippen molar-refractivity contribution in [2.75, 3.05) is 6.61 Å². The topological polar surface area (TPSA) is 96.0 Å². The first-order valence-corrected chi connectivity index (χ1v) is 10.9. The molecule has 32 heavy (non-hydrogen) atoms. The first kappa shape index (κ1) is 23.1. The number of rotatable bonds is 10. The summed E-state index contributed by atoms with van der Waals surface area (Å²) in [4.78, 5) is 48.1. The molecule has 0 saturated carbocycles. The van der Waals surface area contributed by atoms with E-state index in [0.717, 1.165) is 17.5 Å². The van der Waals surface area contributed by atoms with E-state index >= 15 is 0 Å². The highest BCUT2D eigenvalue weighted by Crippen LogP contribution is 2.33. The lowest BCUT2D eigenvalue weighted by Crippen LogP contribution is -2.22. The minimum atomic E-state index is -1.44. The van der Waals surface area contributed by atoms with Crippen molar-refractivity contribution in [3.8, 4) is 0 Å². The van der Waals surface area contributed by atoms with Crippen LogP contribution in [-0.4, -0.2) is 25.0 Å². The van der Waals surface area contributed by atoms with E-state index in [-0.39, 0.29) is 17.5 Å². The Morgan fingerprint density at radius 3 is 2.59 bits per heavy atom. The van der Waals surface area contributed by atoms with Gasteiger partial charge in [-0.15, -0.1) is 11.3 Å². The quantitative estimate of drug-likeness (QED) is 0.147. The summed E-state index contributed by atoms with van der Waals surface area (Å²) < 4.78 is 16.5. The summed E-state index contributed by atoms with van der Waals surface area (Å²) in [6, 6.07) is 12.1. The Morgan fingerprint density at radius 2 is 1.84 bits per heavy atom.